The fourth-order valence-electron chi connectivity index (χ4n) is 3.58. The van der Waals surface area contributed by atoms with Crippen molar-refractivity contribution >= 4 is 18.4 Å². The molecule has 0 bridgehead atoms. The summed E-state index contributed by atoms with van der Waals surface area (Å²) in [6.07, 6.45) is 0. The molecule has 1 heterocycles. The van der Waals surface area contributed by atoms with E-state index in [1.807, 2.05) is 18.2 Å². The van der Waals surface area contributed by atoms with Crippen LogP contribution < -0.4 is 5.73 Å². The van der Waals surface area contributed by atoms with Crippen molar-refractivity contribution in [3.05, 3.63) is 71.3 Å². The molecule has 0 aliphatic carbocycles. The van der Waals surface area contributed by atoms with Gasteiger partial charge in [0.05, 0.1) is 12.7 Å². The lowest BCUT2D eigenvalue weighted by molar-refractivity contribution is 0.0600. The van der Waals surface area contributed by atoms with E-state index in [-0.39, 0.29) is 18.4 Å². The maximum absolute atomic E-state index is 11.7. The van der Waals surface area contributed by atoms with Gasteiger partial charge in [-0.1, -0.05) is 42.5 Å². The SMILES string of the molecule is COC(=O)c1cccc(CN2C[C@@H](CN)[C@H](c3ccccc3)C2)c1.Cl. The van der Waals surface area contributed by atoms with Gasteiger partial charge in [0.1, 0.15) is 0 Å². The summed E-state index contributed by atoms with van der Waals surface area (Å²) < 4.78 is 4.80. The van der Waals surface area contributed by atoms with Gasteiger partial charge in [0.25, 0.3) is 0 Å². The topological polar surface area (TPSA) is 55.6 Å². The van der Waals surface area contributed by atoms with Gasteiger partial charge in [-0.2, -0.15) is 0 Å². The molecule has 2 atom stereocenters. The first-order chi connectivity index (χ1) is 11.7. The fourth-order valence-corrected chi connectivity index (χ4v) is 3.58. The number of rotatable bonds is 5. The van der Waals surface area contributed by atoms with Gasteiger partial charge in [-0.25, -0.2) is 4.79 Å². The van der Waals surface area contributed by atoms with Gasteiger partial charge in [-0.05, 0) is 35.7 Å². The molecule has 25 heavy (non-hydrogen) atoms. The maximum Gasteiger partial charge on any atom is 0.337 e. The van der Waals surface area contributed by atoms with Gasteiger partial charge >= 0.3 is 5.97 Å². The van der Waals surface area contributed by atoms with Crippen LogP contribution in [0.15, 0.2) is 54.6 Å². The molecule has 0 unspecified atom stereocenters. The zero-order valence-electron chi connectivity index (χ0n) is 14.4. The first-order valence-electron chi connectivity index (χ1n) is 8.36. The Bertz CT molecular complexity index is 693. The summed E-state index contributed by atoms with van der Waals surface area (Å²) in [6, 6.07) is 18.3. The number of carbonyl (C=O) groups is 1. The Balaban J connectivity index is 0.00000225. The smallest absolute Gasteiger partial charge is 0.337 e. The van der Waals surface area contributed by atoms with Gasteiger partial charge in [0.15, 0.2) is 0 Å². The van der Waals surface area contributed by atoms with Crippen LogP contribution in [0.4, 0.5) is 0 Å². The van der Waals surface area contributed by atoms with E-state index in [4.69, 9.17) is 10.5 Å². The van der Waals surface area contributed by atoms with E-state index in [2.05, 4.69) is 35.2 Å². The summed E-state index contributed by atoms with van der Waals surface area (Å²) in [7, 11) is 1.41. The standard InChI is InChI=1S/C20H24N2O2.ClH/c1-24-20(23)17-9-5-6-15(10-17)12-22-13-18(11-21)19(14-22)16-7-3-2-4-8-16;/h2-10,18-19H,11-14,21H2,1H3;1H/t18-,19+;/m1./s1. The van der Waals surface area contributed by atoms with Gasteiger partial charge in [0, 0.05) is 25.6 Å². The monoisotopic (exact) mass is 360 g/mol. The van der Waals surface area contributed by atoms with Crippen LogP contribution in [0.2, 0.25) is 0 Å². The minimum Gasteiger partial charge on any atom is -0.465 e. The zero-order valence-corrected chi connectivity index (χ0v) is 15.2. The number of methoxy groups -OCH3 is 1. The second kappa shape index (κ2) is 8.99. The summed E-state index contributed by atoms with van der Waals surface area (Å²) in [5.41, 5.74) is 9.10. The van der Waals surface area contributed by atoms with E-state index in [0.29, 0.717) is 23.9 Å². The molecule has 2 aromatic carbocycles. The van der Waals surface area contributed by atoms with E-state index in [1.54, 1.807) is 6.07 Å². The Labute approximate surface area is 155 Å². The molecule has 1 aliphatic rings. The molecule has 2 N–H and O–H groups in total. The van der Waals surface area contributed by atoms with Crippen LogP contribution in [0, 0.1) is 5.92 Å². The number of nitrogens with zero attached hydrogens (tertiary/aromatic N) is 1. The van der Waals surface area contributed by atoms with E-state index in [1.165, 1.54) is 12.7 Å². The van der Waals surface area contributed by atoms with Crippen molar-refractivity contribution in [3.8, 4) is 0 Å². The molecule has 1 aliphatic heterocycles. The second-order valence-electron chi connectivity index (χ2n) is 6.40. The van der Waals surface area contributed by atoms with Crippen molar-refractivity contribution in [2.24, 2.45) is 11.7 Å². The third-order valence-corrected chi connectivity index (χ3v) is 4.80. The highest BCUT2D eigenvalue weighted by molar-refractivity contribution is 5.89. The fraction of sp³-hybridized carbons (Fsp3) is 0.350. The van der Waals surface area contributed by atoms with Gasteiger partial charge < -0.3 is 10.5 Å². The molecule has 0 aromatic heterocycles. The van der Waals surface area contributed by atoms with Gasteiger partial charge in [-0.15, -0.1) is 12.4 Å². The molecule has 0 radical (unpaired) electrons. The average molecular weight is 361 g/mol. The quantitative estimate of drug-likeness (QED) is 0.832. The molecular weight excluding hydrogens is 336 g/mol. The number of nitrogens with two attached hydrogens (primary N) is 1. The number of halogens is 1. The predicted molar refractivity (Wildman–Crippen MR) is 102 cm³/mol. The highest BCUT2D eigenvalue weighted by atomic mass is 35.5. The lowest BCUT2D eigenvalue weighted by Gasteiger charge is -2.17. The number of hydrogen-bond donors (Lipinski definition) is 1. The van der Waals surface area contributed by atoms with E-state index >= 15 is 0 Å². The number of benzene rings is 2. The number of ether oxygens (including phenoxy) is 1. The number of hydrogen-bond acceptors (Lipinski definition) is 4. The first kappa shape index (κ1) is 19.4. The molecule has 134 valence electrons. The van der Waals surface area contributed by atoms with Crippen molar-refractivity contribution in [2.45, 2.75) is 12.5 Å². The molecule has 4 nitrogen and oxygen atoms in total. The molecule has 5 heteroatoms. The molecule has 0 saturated carbocycles. The van der Waals surface area contributed by atoms with Crippen LogP contribution >= 0.6 is 12.4 Å². The van der Waals surface area contributed by atoms with E-state index in [9.17, 15) is 4.79 Å². The van der Waals surface area contributed by atoms with Crippen LogP contribution in [0.5, 0.6) is 0 Å². The Morgan fingerprint density at radius 1 is 1.16 bits per heavy atom. The summed E-state index contributed by atoms with van der Waals surface area (Å²) in [4.78, 5) is 14.1. The number of likely N-dealkylation sites (tertiary alicyclic amines) is 1. The summed E-state index contributed by atoms with van der Waals surface area (Å²) in [5.74, 6) is 0.649. The summed E-state index contributed by atoms with van der Waals surface area (Å²) in [5, 5.41) is 0. The summed E-state index contributed by atoms with van der Waals surface area (Å²) in [6.45, 7) is 3.50. The van der Waals surface area contributed by atoms with Crippen LogP contribution in [-0.2, 0) is 11.3 Å². The normalized spacial score (nSPS) is 20.1. The molecule has 2 aromatic rings. The summed E-state index contributed by atoms with van der Waals surface area (Å²) >= 11 is 0. The van der Waals surface area contributed by atoms with Crippen LogP contribution in [0.25, 0.3) is 0 Å². The highest BCUT2D eigenvalue weighted by Crippen LogP contribution is 2.32. The minimum atomic E-state index is -0.291. The average Bonchev–Trinajstić information content (AvgIpc) is 3.05. The number of esters is 1. The molecular formula is C20H25ClN2O2. The lowest BCUT2D eigenvalue weighted by atomic mass is 9.89. The third kappa shape index (κ3) is 4.60. The van der Waals surface area contributed by atoms with Crippen LogP contribution in [-0.4, -0.2) is 37.6 Å². The van der Waals surface area contributed by atoms with Gasteiger partial charge in [-0.3, -0.25) is 4.90 Å². The van der Waals surface area contributed by atoms with Crippen molar-refractivity contribution in [1.29, 1.82) is 0 Å². The Morgan fingerprint density at radius 3 is 2.60 bits per heavy atom. The van der Waals surface area contributed by atoms with Crippen LogP contribution in [0.1, 0.15) is 27.4 Å². The Kier molecular flexibility index (Phi) is 7.00. The van der Waals surface area contributed by atoms with Crippen molar-refractivity contribution in [1.82, 2.24) is 4.90 Å². The molecule has 1 saturated heterocycles. The van der Waals surface area contributed by atoms with Crippen LogP contribution in [0.3, 0.4) is 0 Å². The highest BCUT2D eigenvalue weighted by Gasteiger charge is 2.32. The minimum absolute atomic E-state index is 0. The van der Waals surface area contributed by atoms with Crippen molar-refractivity contribution in [2.75, 3.05) is 26.7 Å². The van der Waals surface area contributed by atoms with Crippen molar-refractivity contribution < 1.29 is 9.53 Å². The van der Waals surface area contributed by atoms with E-state index in [0.717, 1.165) is 25.2 Å². The first-order valence-corrected chi connectivity index (χ1v) is 8.36. The number of carbonyl (C=O) groups excluding carboxylic acids is 1. The molecule has 0 amide bonds. The van der Waals surface area contributed by atoms with Gasteiger partial charge in [0.2, 0.25) is 0 Å². The Morgan fingerprint density at radius 2 is 1.92 bits per heavy atom. The third-order valence-electron chi connectivity index (χ3n) is 4.80. The largest absolute Gasteiger partial charge is 0.465 e. The predicted octanol–water partition coefficient (Wildman–Crippen LogP) is 3.07. The van der Waals surface area contributed by atoms with Crippen molar-refractivity contribution in [3.63, 3.8) is 0 Å². The Hall–Kier alpha value is -1.88. The lowest BCUT2D eigenvalue weighted by Crippen LogP contribution is -2.23. The second-order valence-corrected chi connectivity index (χ2v) is 6.40. The zero-order chi connectivity index (χ0) is 16.9. The van der Waals surface area contributed by atoms with E-state index < -0.39 is 0 Å². The molecule has 0 spiro atoms. The molecule has 1 fully saturated rings. The molecule has 3 rings (SSSR count). The maximum atomic E-state index is 11.7.